The topological polar surface area (TPSA) is 47.8 Å². The van der Waals surface area contributed by atoms with Gasteiger partial charge < -0.3 is 0 Å². The molecule has 0 fully saturated rings. The Kier molecular flexibility index (Phi) is 3.31. The largest absolute Gasteiger partial charge is 0.284 e. The maximum Gasteiger partial charge on any atom is 0.255 e. The molecule has 5 heteroatoms. The lowest BCUT2D eigenvalue weighted by molar-refractivity contribution is 0.615. The summed E-state index contributed by atoms with van der Waals surface area (Å²) >= 11 is 0. The molecule has 0 spiro atoms. The van der Waals surface area contributed by atoms with Crippen LogP contribution in [0.5, 0.6) is 0 Å². The number of hydrogen-bond donors (Lipinski definition) is 0. The molecule has 0 saturated carbocycles. The minimum atomic E-state index is -0.488. The molecule has 2 heterocycles. The summed E-state index contributed by atoms with van der Waals surface area (Å²) < 4.78 is 15.4. The molecule has 104 valence electrons. The molecule has 0 amide bonds. The molecule has 0 aliphatic heterocycles. The second-order valence-corrected chi connectivity index (χ2v) is 4.57. The Labute approximate surface area is 120 Å². The number of benzene rings is 1. The zero-order chi connectivity index (χ0) is 14.8. The van der Waals surface area contributed by atoms with Crippen LogP contribution in [0.25, 0.3) is 16.9 Å². The fourth-order valence-electron chi connectivity index (χ4n) is 2.10. The summed E-state index contributed by atoms with van der Waals surface area (Å²) in [5, 5.41) is 0. The first kappa shape index (κ1) is 13.2. The molecule has 4 nitrogen and oxygen atoms in total. The SMILES string of the molecule is Cc1ncc(F)c(-c2cccc(-n3ccccc3=O)c2)n1. The molecule has 1 aromatic carbocycles. The van der Waals surface area contributed by atoms with E-state index in [0.29, 0.717) is 17.1 Å². The van der Waals surface area contributed by atoms with Crippen LogP contribution in [-0.4, -0.2) is 14.5 Å². The third-order valence-corrected chi connectivity index (χ3v) is 3.08. The van der Waals surface area contributed by atoms with E-state index >= 15 is 0 Å². The van der Waals surface area contributed by atoms with Crippen LogP contribution in [0.3, 0.4) is 0 Å². The van der Waals surface area contributed by atoms with Gasteiger partial charge in [-0.15, -0.1) is 0 Å². The standard InChI is InChI=1S/C16H12FN3O/c1-11-18-10-14(17)16(19-11)12-5-4-6-13(9-12)20-8-3-2-7-15(20)21/h2-10H,1H3. The zero-order valence-electron chi connectivity index (χ0n) is 11.3. The summed E-state index contributed by atoms with van der Waals surface area (Å²) in [6.07, 6.45) is 2.82. The minimum absolute atomic E-state index is 0.144. The number of nitrogens with zero attached hydrogens (tertiary/aromatic N) is 3. The van der Waals surface area contributed by atoms with Crippen molar-refractivity contribution in [1.82, 2.24) is 14.5 Å². The van der Waals surface area contributed by atoms with Crippen LogP contribution in [0.4, 0.5) is 4.39 Å². The van der Waals surface area contributed by atoms with Gasteiger partial charge in [0.1, 0.15) is 11.5 Å². The van der Waals surface area contributed by atoms with E-state index in [4.69, 9.17) is 0 Å². The summed E-state index contributed by atoms with van der Waals surface area (Å²) in [5.41, 5.74) is 1.35. The van der Waals surface area contributed by atoms with Crippen LogP contribution >= 0.6 is 0 Å². The molecule has 0 unspecified atom stereocenters. The molecular weight excluding hydrogens is 269 g/mol. The normalized spacial score (nSPS) is 10.6. The van der Waals surface area contributed by atoms with Crippen LogP contribution < -0.4 is 5.56 Å². The van der Waals surface area contributed by atoms with E-state index in [-0.39, 0.29) is 11.3 Å². The lowest BCUT2D eigenvalue weighted by Gasteiger charge is -2.08. The summed E-state index contributed by atoms with van der Waals surface area (Å²) in [6.45, 7) is 1.70. The molecule has 0 N–H and O–H groups in total. The number of pyridine rings is 1. The molecule has 0 aliphatic rings. The fraction of sp³-hybridized carbons (Fsp3) is 0.0625. The molecule has 0 radical (unpaired) electrons. The Morgan fingerprint density at radius 2 is 2.00 bits per heavy atom. The highest BCUT2D eigenvalue weighted by Crippen LogP contribution is 2.22. The van der Waals surface area contributed by atoms with Crippen LogP contribution in [-0.2, 0) is 0 Å². The van der Waals surface area contributed by atoms with Crippen molar-refractivity contribution >= 4 is 0 Å². The van der Waals surface area contributed by atoms with E-state index in [1.165, 1.54) is 10.6 Å². The molecule has 3 aromatic rings. The van der Waals surface area contributed by atoms with Crippen molar-refractivity contribution in [2.45, 2.75) is 6.92 Å². The van der Waals surface area contributed by atoms with E-state index < -0.39 is 5.82 Å². The van der Waals surface area contributed by atoms with E-state index in [1.807, 2.05) is 0 Å². The fourth-order valence-corrected chi connectivity index (χ4v) is 2.10. The average Bonchev–Trinajstić information content (AvgIpc) is 2.50. The third kappa shape index (κ3) is 2.58. The molecule has 21 heavy (non-hydrogen) atoms. The summed E-state index contributed by atoms with van der Waals surface area (Å²) in [4.78, 5) is 19.8. The molecule has 3 rings (SSSR count). The minimum Gasteiger partial charge on any atom is -0.284 e. The molecule has 0 atom stereocenters. The van der Waals surface area contributed by atoms with Gasteiger partial charge in [0.25, 0.3) is 5.56 Å². The van der Waals surface area contributed by atoms with Gasteiger partial charge >= 0.3 is 0 Å². The number of halogens is 1. The van der Waals surface area contributed by atoms with Gasteiger partial charge in [-0.05, 0) is 25.1 Å². The van der Waals surface area contributed by atoms with E-state index in [0.717, 1.165) is 6.20 Å². The molecule has 0 bridgehead atoms. The lowest BCUT2D eigenvalue weighted by Crippen LogP contribution is -2.15. The molecule has 2 aromatic heterocycles. The van der Waals surface area contributed by atoms with E-state index in [2.05, 4.69) is 9.97 Å². The predicted molar refractivity (Wildman–Crippen MR) is 77.8 cm³/mol. The summed E-state index contributed by atoms with van der Waals surface area (Å²) in [6, 6.07) is 12.0. The quantitative estimate of drug-likeness (QED) is 0.725. The summed E-state index contributed by atoms with van der Waals surface area (Å²) in [7, 11) is 0. The van der Waals surface area contributed by atoms with Crippen LogP contribution in [0, 0.1) is 12.7 Å². The van der Waals surface area contributed by atoms with Gasteiger partial charge in [0.15, 0.2) is 5.82 Å². The number of aromatic nitrogens is 3. The molecule has 0 aliphatic carbocycles. The predicted octanol–water partition coefficient (Wildman–Crippen LogP) is 2.74. The van der Waals surface area contributed by atoms with Crippen LogP contribution in [0.2, 0.25) is 0 Å². The van der Waals surface area contributed by atoms with Gasteiger partial charge in [-0.2, -0.15) is 0 Å². The summed E-state index contributed by atoms with van der Waals surface area (Å²) in [5.74, 6) is 0.00633. The lowest BCUT2D eigenvalue weighted by atomic mass is 10.1. The van der Waals surface area contributed by atoms with Crippen molar-refractivity contribution in [1.29, 1.82) is 0 Å². The van der Waals surface area contributed by atoms with Crippen molar-refractivity contribution in [3.63, 3.8) is 0 Å². The van der Waals surface area contributed by atoms with E-state index in [9.17, 15) is 9.18 Å². The van der Waals surface area contributed by atoms with Crippen molar-refractivity contribution in [3.05, 3.63) is 76.9 Å². The van der Waals surface area contributed by atoms with Crippen molar-refractivity contribution in [3.8, 4) is 16.9 Å². The van der Waals surface area contributed by atoms with Gasteiger partial charge in [-0.1, -0.05) is 18.2 Å². The average molecular weight is 281 g/mol. The van der Waals surface area contributed by atoms with Crippen LogP contribution in [0.15, 0.2) is 59.7 Å². The first-order valence-electron chi connectivity index (χ1n) is 6.43. The van der Waals surface area contributed by atoms with Gasteiger partial charge in [0, 0.05) is 23.5 Å². The van der Waals surface area contributed by atoms with Gasteiger partial charge in [-0.25, -0.2) is 14.4 Å². The Bertz CT molecular complexity index is 858. The maximum atomic E-state index is 13.9. The number of rotatable bonds is 2. The molecular formula is C16H12FN3O. The Balaban J connectivity index is 2.15. The smallest absolute Gasteiger partial charge is 0.255 e. The highest BCUT2D eigenvalue weighted by Gasteiger charge is 2.09. The Hall–Kier alpha value is -2.82. The van der Waals surface area contributed by atoms with Gasteiger partial charge in [0.05, 0.1) is 6.20 Å². The maximum absolute atomic E-state index is 13.9. The highest BCUT2D eigenvalue weighted by molar-refractivity contribution is 5.62. The van der Waals surface area contributed by atoms with Gasteiger partial charge in [-0.3, -0.25) is 9.36 Å². The van der Waals surface area contributed by atoms with Crippen molar-refractivity contribution in [2.24, 2.45) is 0 Å². The third-order valence-electron chi connectivity index (χ3n) is 3.08. The van der Waals surface area contributed by atoms with Crippen molar-refractivity contribution in [2.75, 3.05) is 0 Å². The molecule has 0 saturated heterocycles. The first-order valence-corrected chi connectivity index (χ1v) is 6.43. The highest BCUT2D eigenvalue weighted by atomic mass is 19.1. The van der Waals surface area contributed by atoms with Crippen LogP contribution in [0.1, 0.15) is 5.82 Å². The monoisotopic (exact) mass is 281 g/mol. The number of hydrogen-bond acceptors (Lipinski definition) is 3. The van der Waals surface area contributed by atoms with Crippen molar-refractivity contribution < 1.29 is 4.39 Å². The van der Waals surface area contributed by atoms with E-state index in [1.54, 1.807) is 49.5 Å². The Morgan fingerprint density at radius 1 is 1.14 bits per heavy atom. The van der Waals surface area contributed by atoms with Gasteiger partial charge in [0.2, 0.25) is 0 Å². The second kappa shape index (κ2) is 5.28. The first-order chi connectivity index (χ1) is 10.1. The number of aryl methyl sites for hydroxylation is 1. The second-order valence-electron chi connectivity index (χ2n) is 4.57. The Morgan fingerprint density at radius 3 is 2.81 bits per heavy atom. The zero-order valence-corrected chi connectivity index (χ0v) is 11.3.